The summed E-state index contributed by atoms with van der Waals surface area (Å²) in [5, 5.41) is 38.1. The van der Waals surface area contributed by atoms with Crippen molar-refractivity contribution in [3.8, 4) is 16.9 Å². The Bertz CT molecular complexity index is 564. The Morgan fingerprint density at radius 1 is 0.737 bits per heavy atom. The van der Waals surface area contributed by atoms with E-state index in [0.29, 0.717) is 16.7 Å². The number of aliphatic hydroxyl groups excluding tert-OH is 3. The standard InChI is InChI=1S/C15H16O4/c16-7-12-11(10-4-2-1-3-5-10)6-15(19)14(9-18)13(12)8-17/h1-6,16-19H,7-9H2. The van der Waals surface area contributed by atoms with Crippen molar-refractivity contribution in [1.82, 2.24) is 0 Å². The van der Waals surface area contributed by atoms with E-state index < -0.39 is 0 Å². The largest absolute Gasteiger partial charge is 0.508 e. The molecular formula is C15H16O4. The summed E-state index contributed by atoms with van der Waals surface area (Å²) in [6.07, 6.45) is 0. The molecule has 2 rings (SSSR count). The van der Waals surface area contributed by atoms with Crippen molar-refractivity contribution in [2.75, 3.05) is 0 Å². The van der Waals surface area contributed by atoms with Gasteiger partial charge in [0.2, 0.25) is 0 Å². The molecule has 0 aliphatic carbocycles. The Hall–Kier alpha value is -1.88. The van der Waals surface area contributed by atoms with E-state index in [9.17, 15) is 20.4 Å². The summed E-state index contributed by atoms with van der Waals surface area (Å²) < 4.78 is 0. The Morgan fingerprint density at radius 2 is 1.32 bits per heavy atom. The minimum atomic E-state index is -0.385. The van der Waals surface area contributed by atoms with Crippen LogP contribution in [0.5, 0.6) is 5.75 Å². The van der Waals surface area contributed by atoms with Crippen LogP contribution in [0.25, 0.3) is 11.1 Å². The van der Waals surface area contributed by atoms with Gasteiger partial charge in [0.15, 0.2) is 0 Å². The number of phenols is 1. The molecule has 4 nitrogen and oxygen atoms in total. The first-order valence-electron chi connectivity index (χ1n) is 5.97. The zero-order chi connectivity index (χ0) is 13.8. The number of hydrogen-bond acceptors (Lipinski definition) is 4. The van der Waals surface area contributed by atoms with E-state index in [4.69, 9.17) is 0 Å². The first-order chi connectivity index (χ1) is 9.22. The third kappa shape index (κ3) is 2.46. The average Bonchev–Trinajstić information content (AvgIpc) is 2.46. The fourth-order valence-corrected chi connectivity index (χ4v) is 2.23. The zero-order valence-corrected chi connectivity index (χ0v) is 10.4. The van der Waals surface area contributed by atoms with Crippen LogP contribution in [-0.2, 0) is 19.8 Å². The molecule has 0 aliphatic rings. The highest BCUT2D eigenvalue weighted by atomic mass is 16.3. The minimum Gasteiger partial charge on any atom is -0.508 e. The Morgan fingerprint density at radius 3 is 1.84 bits per heavy atom. The van der Waals surface area contributed by atoms with E-state index in [1.165, 1.54) is 6.07 Å². The van der Waals surface area contributed by atoms with Crippen molar-refractivity contribution in [2.24, 2.45) is 0 Å². The second-order valence-electron chi connectivity index (χ2n) is 4.22. The van der Waals surface area contributed by atoms with Gasteiger partial charge in [-0.1, -0.05) is 30.3 Å². The molecule has 2 aromatic carbocycles. The third-order valence-electron chi connectivity index (χ3n) is 3.20. The molecule has 0 saturated carbocycles. The lowest BCUT2D eigenvalue weighted by Gasteiger charge is -2.17. The number of benzene rings is 2. The third-order valence-corrected chi connectivity index (χ3v) is 3.20. The quantitative estimate of drug-likeness (QED) is 0.672. The predicted octanol–water partition coefficient (Wildman–Crippen LogP) is 1.54. The smallest absolute Gasteiger partial charge is 0.122 e. The molecule has 0 bridgehead atoms. The maximum absolute atomic E-state index is 9.93. The summed E-state index contributed by atoms with van der Waals surface area (Å²) in [5.41, 5.74) is 2.65. The zero-order valence-electron chi connectivity index (χ0n) is 10.4. The van der Waals surface area contributed by atoms with Gasteiger partial charge in [-0.15, -0.1) is 0 Å². The highest BCUT2D eigenvalue weighted by Gasteiger charge is 2.17. The summed E-state index contributed by atoms with van der Waals surface area (Å²) in [7, 11) is 0. The van der Waals surface area contributed by atoms with Gasteiger partial charge in [-0.3, -0.25) is 0 Å². The summed E-state index contributed by atoms with van der Waals surface area (Å²) in [4.78, 5) is 0. The summed E-state index contributed by atoms with van der Waals surface area (Å²) in [6.45, 7) is -1.00. The minimum absolute atomic E-state index is 0.0809. The van der Waals surface area contributed by atoms with Gasteiger partial charge in [0.1, 0.15) is 5.75 Å². The number of hydrogen-bond donors (Lipinski definition) is 4. The lowest BCUT2D eigenvalue weighted by Crippen LogP contribution is -2.03. The van der Waals surface area contributed by atoms with E-state index in [1.54, 1.807) is 0 Å². The molecule has 0 heterocycles. The summed E-state index contributed by atoms with van der Waals surface area (Å²) in [5.74, 6) is -0.0809. The summed E-state index contributed by atoms with van der Waals surface area (Å²) in [6, 6.07) is 10.8. The molecule has 0 aromatic heterocycles. The topological polar surface area (TPSA) is 80.9 Å². The number of rotatable bonds is 4. The molecule has 2 aromatic rings. The van der Waals surface area contributed by atoms with E-state index >= 15 is 0 Å². The first-order valence-corrected chi connectivity index (χ1v) is 5.97. The van der Waals surface area contributed by atoms with Gasteiger partial charge in [-0.25, -0.2) is 0 Å². The number of aromatic hydroxyl groups is 1. The van der Waals surface area contributed by atoms with Crippen LogP contribution in [0.2, 0.25) is 0 Å². The summed E-state index contributed by atoms with van der Waals surface area (Å²) >= 11 is 0. The molecule has 0 aliphatic heterocycles. The van der Waals surface area contributed by atoms with Crippen molar-refractivity contribution in [3.05, 3.63) is 53.1 Å². The van der Waals surface area contributed by atoms with Gasteiger partial charge < -0.3 is 20.4 Å². The molecule has 0 atom stereocenters. The van der Waals surface area contributed by atoms with Crippen LogP contribution in [0.4, 0.5) is 0 Å². The molecule has 0 unspecified atom stereocenters. The molecule has 0 spiro atoms. The lowest BCUT2D eigenvalue weighted by atomic mass is 9.92. The Balaban J connectivity index is 2.72. The normalized spacial score (nSPS) is 10.7. The highest BCUT2D eigenvalue weighted by Crippen LogP contribution is 2.34. The molecule has 4 heteroatoms. The second-order valence-corrected chi connectivity index (χ2v) is 4.22. The Labute approximate surface area is 111 Å². The van der Waals surface area contributed by atoms with Crippen LogP contribution < -0.4 is 0 Å². The molecule has 19 heavy (non-hydrogen) atoms. The van der Waals surface area contributed by atoms with Crippen molar-refractivity contribution in [1.29, 1.82) is 0 Å². The van der Waals surface area contributed by atoms with Gasteiger partial charge in [0, 0.05) is 5.56 Å². The van der Waals surface area contributed by atoms with Gasteiger partial charge in [0.05, 0.1) is 19.8 Å². The fourth-order valence-electron chi connectivity index (χ4n) is 2.23. The second kappa shape index (κ2) is 5.84. The predicted molar refractivity (Wildman–Crippen MR) is 71.3 cm³/mol. The van der Waals surface area contributed by atoms with Crippen molar-refractivity contribution < 1.29 is 20.4 Å². The lowest BCUT2D eigenvalue weighted by molar-refractivity contribution is 0.244. The molecule has 100 valence electrons. The van der Waals surface area contributed by atoms with Crippen molar-refractivity contribution in [2.45, 2.75) is 19.8 Å². The maximum atomic E-state index is 9.93. The van der Waals surface area contributed by atoms with Crippen LogP contribution in [0.15, 0.2) is 36.4 Å². The van der Waals surface area contributed by atoms with Crippen molar-refractivity contribution in [3.63, 3.8) is 0 Å². The van der Waals surface area contributed by atoms with E-state index in [2.05, 4.69) is 0 Å². The average molecular weight is 260 g/mol. The van der Waals surface area contributed by atoms with E-state index in [-0.39, 0.29) is 31.1 Å². The first kappa shape index (κ1) is 13.5. The molecule has 0 fully saturated rings. The van der Waals surface area contributed by atoms with Crippen LogP contribution >= 0.6 is 0 Å². The van der Waals surface area contributed by atoms with Crippen LogP contribution in [0.3, 0.4) is 0 Å². The van der Waals surface area contributed by atoms with E-state index in [1.807, 2.05) is 30.3 Å². The molecule has 0 radical (unpaired) electrons. The molecular weight excluding hydrogens is 244 g/mol. The molecule has 0 saturated heterocycles. The van der Waals surface area contributed by atoms with Crippen LogP contribution in [-0.4, -0.2) is 20.4 Å². The number of aliphatic hydroxyl groups is 3. The van der Waals surface area contributed by atoms with Gasteiger partial charge in [-0.05, 0) is 28.3 Å². The molecule has 0 amide bonds. The van der Waals surface area contributed by atoms with Gasteiger partial charge in [-0.2, -0.15) is 0 Å². The van der Waals surface area contributed by atoms with E-state index in [0.717, 1.165) is 5.56 Å². The highest BCUT2D eigenvalue weighted by molar-refractivity contribution is 5.72. The maximum Gasteiger partial charge on any atom is 0.122 e. The fraction of sp³-hybridized carbons (Fsp3) is 0.200. The molecule has 4 N–H and O–H groups in total. The van der Waals surface area contributed by atoms with Crippen LogP contribution in [0, 0.1) is 0 Å². The van der Waals surface area contributed by atoms with Gasteiger partial charge >= 0.3 is 0 Å². The van der Waals surface area contributed by atoms with Crippen molar-refractivity contribution >= 4 is 0 Å². The monoisotopic (exact) mass is 260 g/mol. The van der Waals surface area contributed by atoms with Crippen LogP contribution in [0.1, 0.15) is 16.7 Å². The van der Waals surface area contributed by atoms with Gasteiger partial charge in [0.25, 0.3) is 0 Å². The SMILES string of the molecule is OCc1c(O)cc(-c2ccccc2)c(CO)c1CO. The Kier molecular flexibility index (Phi) is 4.16.